The molecule has 0 amide bonds. The van der Waals surface area contributed by atoms with Gasteiger partial charge in [-0.15, -0.1) is 0 Å². The lowest BCUT2D eigenvalue weighted by Gasteiger charge is -2.28. The number of hydrogen-bond donors (Lipinski definition) is 0. The summed E-state index contributed by atoms with van der Waals surface area (Å²) in [5.74, 6) is 0.697. The lowest BCUT2D eigenvalue weighted by molar-refractivity contribution is -0.141. The quantitative estimate of drug-likeness (QED) is 0.403. The van der Waals surface area contributed by atoms with Crippen LogP contribution < -0.4 is 4.90 Å². The SMILES string of the molecule is Cc1nc2cc(N3CCOCC3)nc(-c3ccc(C(F)(F)F)nc3)c2nc1C.c1cnn(C2CC2)c1. The van der Waals surface area contributed by atoms with Crippen molar-refractivity contribution in [1.29, 1.82) is 0 Å². The predicted octanol–water partition coefficient (Wildman–Crippen LogP) is 4.78. The van der Waals surface area contributed by atoms with Crippen molar-refractivity contribution < 1.29 is 17.9 Å². The van der Waals surface area contributed by atoms with Crippen LogP contribution in [0.4, 0.5) is 19.0 Å². The summed E-state index contributed by atoms with van der Waals surface area (Å²) in [5.41, 5.74) is 2.72. The molecule has 0 spiro atoms. The molecule has 2 aliphatic rings. The Kier molecular flexibility index (Phi) is 6.57. The smallest absolute Gasteiger partial charge is 0.378 e. The fraction of sp³-hybridized carbons (Fsp3) is 0.400. The van der Waals surface area contributed by atoms with Gasteiger partial charge in [0.1, 0.15) is 22.7 Å². The van der Waals surface area contributed by atoms with Gasteiger partial charge in [0.15, 0.2) is 0 Å². The Labute approximate surface area is 206 Å². The number of morpholine rings is 1. The molecule has 8 nitrogen and oxygen atoms in total. The summed E-state index contributed by atoms with van der Waals surface area (Å²) >= 11 is 0. The average Bonchev–Trinajstić information content (AvgIpc) is 3.58. The first-order chi connectivity index (χ1) is 17.3. The van der Waals surface area contributed by atoms with E-state index in [9.17, 15) is 13.2 Å². The average molecular weight is 498 g/mol. The second kappa shape index (κ2) is 9.81. The largest absolute Gasteiger partial charge is 0.433 e. The highest BCUT2D eigenvalue weighted by atomic mass is 19.4. The molecule has 2 fully saturated rings. The topological polar surface area (TPSA) is 81.8 Å². The Morgan fingerprint density at radius 1 is 1.00 bits per heavy atom. The first kappa shape index (κ1) is 24.1. The van der Waals surface area contributed by atoms with Crippen LogP contribution in [0.1, 0.15) is 36.0 Å². The second-order valence-electron chi connectivity index (χ2n) is 8.84. The van der Waals surface area contributed by atoms with E-state index in [0.29, 0.717) is 54.4 Å². The van der Waals surface area contributed by atoms with E-state index in [1.165, 1.54) is 25.1 Å². The van der Waals surface area contributed by atoms with E-state index in [4.69, 9.17) is 9.72 Å². The van der Waals surface area contributed by atoms with Crippen LogP contribution in [0.15, 0.2) is 42.9 Å². The molecule has 4 aromatic heterocycles. The van der Waals surface area contributed by atoms with E-state index in [1.54, 1.807) is 0 Å². The van der Waals surface area contributed by atoms with Crippen molar-refractivity contribution in [3.05, 3.63) is 59.9 Å². The van der Waals surface area contributed by atoms with Crippen LogP contribution in [-0.4, -0.2) is 56.0 Å². The Morgan fingerprint density at radius 2 is 1.75 bits per heavy atom. The van der Waals surface area contributed by atoms with Crippen LogP contribution in [0.25, 0.3) is 22.3 Å². The van der Waals surface area contributed by atoms with Crippen LogP contribution in [-0.2, 0) is 10.9 Å². The number of hydrogen-bond acceptors (Lipinski definition) is 7. The molecule has 0 atom stereocenters. The maximum absolute atomic E-state index is 12.9. The lowest BCUT2D eigenvalue weighted by atomic mass is 10.1. The number of alkyl halides is 3. The minimum absolute atomic E-state index is 0.464. The van der Waals surface area contributed by atoms with Gasteiger partial charge in [-0.1, -0.05) is 0 Å². The maximum Gasteiger partial charge on any atom is 0.433 e. The number of nitrogens with zero attached hydrogens (tertiary/aromatic N) is 7. The van der Waals surface area contributed by atoms with Crippen LogP contribution in [0.2, 0.25) is 0 Å². The molecule has 0 N–H and O–H groups in total. The van der Waals surface area contributed by atoms with Crippen LogP contribution >= 0.6 is 0 Å². The Balaban J connectivity index is 0.000000280. The molecular formula is C25H26F3N7O. The summed E-state index contributed by atoms with van der Waals surface area (Å²) < 4.78 is 46.0. The minimum Gasteiger partial charge on any atom is -0.378 e. The molecule has 6 rings (SSSR count). The third-order valence-corrected chi connectivity index (χ3v) is 6.16. The van der Waals surface area contributed by atoms with E-state index >= 15 is 0 Å². The van der Waals surface area contributed by atoms with Gasteiger partial charge in [-0.25, -0.2) is 15.0 Å². The van der Waals surface area contributed by atoms with Crippen LogP contribution in [0.3, 0.4) is 0 Å². The monoisotopic (exact) mass is 497 g/mol. The van der Waals surface area contributed by atoms with Crippen molar-refractivity contribution in [1.82, 2.24) is 29.7 Å². The number of pyridine rings is 2. The van der Waals surface area contributed by atoms with Crippen LogP contribution in [0, 0.1) is 13.8 Å². The number of ether oxygens (including phenoxy) is 1. The summed E-state index contributed by atoms with van der Waals surface area (Å²) in [4.78, 5) is 19.5. The normalized spacial score (nSPS) is 16.1. The van der Waals surface area contributed by atoms with Crippen molar-refractivity contribution >= 4 is 16.9 Å². The molecule has 0 aromatic carbocycles. The number of fused-ring (bicyclic) bond motifs is 1. The van der Waals surface area contributed by atoms with Gasteiger partial charge >= 0.3 is 6.18 Å². The van der Waals surface area contributed by atoms with Gasteiger partial charge < -0.3 is 9.64 Å². The molecule has 188 valence electrons. The van der Waals surface area contributed by atoms with E-state index in [2.05, 4.69) is 25.0 Å². The van der Waals surface area contributed by atoms with Gasteiger partial charge in [-0.2, -0.15) is 18.3 Å². The van der Waals surface area contributed by atoms with Crippen molar-refractivity contribution in [2.45, 2.75) is 38.9 Å². The highest BCUT2D eigenvalue weighted by Crippen LogP contribution is 2.33. The summed E-state index contributed by atoms with van der Waals surface area (Å²) in [5, 5.41) is 4.09. The summed E-state index contributed by atoms with van der Waals surface area (Å²) in [6, 6.07) is 6.90. The second-order valence-corrected chi connectivity index (χ2v) is 8.84. The summed E-state index contributed by atoms with van der Waals surface area (Å²) in [6.07, 6.45) is 3.20. The summed E-state index contributed by atoms with van der Waals surface area (Å²) in [6.45, 7) is 6.26. The lowest BCUT2D eigenvalue weighted by Crippen LogP contribution is -2.36. The molecule has 1 aliphatic heterocycles. The number of aryl methyl sites for hydroxylation is 2. The Bertz CT molecular complexity index is 1330. The standard InChI is InChI=1S/C19H18F3N5O.C6H8N2/c1-11-12(2)25-18-14(24-11)9-16(27-5-7-28-8-6-27)26-17(18)13-3-4-15(23-10-13)19(20,21)22;1-4-7-8(5-1)6-2-3-6/h3-4,9-10H,5-8H2,1-2H3;1,4-6H,2-3H2. The van der Waals surface area contributed by atoms with Gasteiger partial charge in [-0.3, -0.25) is 9.67 Å². The highest BCUT2D eigenvalue weighted by Gasteiger charge is 2.32. The van der Waals surface area contributed by atoms with Crippen molar-refractivity contribution in [3.63, 3.8) is 0 Å². The zero-order valence-electron chi connectivity index (χ0n) is 20.0. The van der Waals surface area contributed by atoms with E-state index in [-0.39, 0.29) is 0 Å². The Hall–Kier alpha value is -3.60. The molecule has 0 unspecified atom stereocenters. The van der Waals surface area contributed by atoms with E-state index < -0.39 is 11.9 Å². The predicted molar refractivity (Wildman–Crippen MR) is 129 cm³/mol. The first-order valence-electron chi connectivity index (χ1n) is 11.8. The number of anilines is 1. The molecule has 1 saturated heterocycles. The zero-order valence-corrected chi connectivity index (χ0v) is 20.0. The first-order valence-corrected chi connectivity index (χ1v) is 11.8. The number of halogens is 3. The third kappa shape index (κ3) is 5.30. The molecular weight excluding hydrogens is 471 g/mol. The van der Waals surface area contributed by atoms with Gasteiger partial charge in [0.05, 0.1) is 36.2 Å². The minimum atomic E-state index is -4.49. The van der Waals surface area contributed by atoms with Gasteiger partial charge in [0, 0.05) is 43.3 Å². The van der Waals surface area contributed by atoms with E-state index in [0.717, 1.165) is 23.5 Å². The molecule has 0 radical (unpaired) electrons. The molecule has 4 aromatic rings. The molecule has 0 bridgehead atoms. The van der Waals surface area contributed by atoms with Gasteiger partial charge in [0.25, 0.3) is 0 Å². The molecule has 5 heterocycles. The fourth-order valence-electron chi connectivity index (χ4n) is 3.91. The van der Waals surface area contributed by atoms with Crippen molar-refractivity contribution in [3.8, 4) is 11.3 Å². The number of aromatic nitrogens is 6. The summed E-state index contributed by atoms with van der Waals surface area (Å²) in [7, 11) is 0. The van der Waals surface area contributed by atoms with Gasteiger partial charge in [-0.05, 0) is 44.9 Å². The van der Waals surface area contributed by atoms with Crippen molar-refractivity contribution in [2.75, 3.05) is 31.2 Å². The maximum atomic E-state index is 12.9. The van der Waals surface area contributed by atoms with Crippen LogP contribution in [0.5, 0.6) is 0 Å². The fourth-order valence-corrected chi connectivity index (χ4v) is 3.91. The third-order valence-electron chi connectivity index (χ3n) is 6.16. The molecule has 1 saturated carbocycles. The number of rotatable bonds is 3. The highest BCUT2D eigenvalue weighted by molar-refractivity contribution is 5.91. The Morgan fingerprint density at radius 3 is 2.36 bits per heavy atom. The molecule has 36 heavy (non-hydrogen) atoms. The van der Waals surface area contributed by atoms with Crippen molar-refractivity contribution in [2.24, 2.45) is 0 Å². The molecule has 11 heteroatoms. The molecule has 1 aliphatic carbocycles. The zero-order chi connectivity index (χ0) is 25.3. The van der Waals surface area contributed by atoms with Gasteiger partial charge in [0.2, 0.25) is 0 Å². The van der Waals surface area contributed by atoms with E-state index in [1.807, 2.05) is 43.1 Å².